The standard InChI is InChI=1S/C29H30N2O4/c1-18(2)21-9-11-22(12-10-21)27-25-16-24(34-5)13-14-26(25)31(29(33)30-27)17-20-7-6-8-23(15-20)28(32)35-19(3)4/h6-16,18-19H,17H2,1-5H3. The van der Waals surface area contributed by atoms with E-state index in [0.29, 0.717) is 22.9 Å². The first kappa shape index (κ1) is 24.2. The molecular formula is C29H30N2O4. The SMILES string of the molecule is COc1ccc2c(c1)c(-c1ccc(C(C)C)cc1)nc(=O)n2Cc1cccc(C(=O)OC(C)C)c1. The third kappa shape index (κ3) is 5.27. The Kier molecular flexibility index (Phi) is 7.01. The second-order valence-corrected chi connectivity index (χ2v) is 9.14. The number of benzene rings is 3. The summed E-state index contributed by atoms with van der Waals surface area (Å²) in [5.41, 5.74) is 4.34. The maximum absolute atomic E-state index is 13.3. The summed E-state index contributed by atoms with van der Waals surface area (Å²) in [6, 6.07) is 20.9. The van der Waals surface area contributed by atoms with Crippen LogP contribution in [0.2, 0.25) is 0 Å². The van der Waals surface area contributed by atoms with Gasteiger partial charge in [0.05, 0.1) is 36.5 Å². The van der Waals surface area contributed by atoms with Crippen molar-refractivity contribution < 1.29 is 14.3 Å². The highest BCUT2D eigenvalue weighted by molar-refractivity contribution is 5.93. The van der Waals surface area contributed by atoms with Gasteiger partial charge in [-0.3, -0.25) is 4.57 Å². The molecule has 1 heterocycles. The Labute approximate surface area is 205 Å². The van der Waals surface area contributed by atoms with Crippen LogP contribution in [0.25, 0.3) is 22.2 Å². The van der Waals surface area contributed by atoms with E-state index in [1.54, 1.807) is 29.9 Å². The number of hydrogen-bond donors (Lipinski definition) is 0. The predicted molar refractivity (Wildman–Crippen MR) is 138 cm³/mol. The Morgan fingerprint density at radius 3 is 2.37 bits per heavy atom. The topological polar surface area (TPSA) is 70.4 Å². The van der Waals surface area contributed by atoms with Crippen molar-refractivity contribution in [1.29, 1.82) is 0 Å². The maximum atomic E-state index is 13.3. The van der Waals surface area contributed by atoms with Gasteiger partial charge in [-0.1, -0.05) is 50.2 Å². The van der Waals surface area contributed by atoms with Crippen LogP contribution >= 0.6 is 0 Å². The van der Waals surface area contributed by atoms with Gasteiger partial charge in [-0.15, -0.1) is 0 Å². The Bertz CT molecular complexity index is 1420. The van der Waals surface area contributed by atoms with Crippen molar-refractivity contribution in [3.8, 4) is 17.0 Å². The van der Waals surface area contributed by atoms with Crippen LogP contribution in [-0.2, 0) is 11.3 Å². The lowest BCUT2D eigenvalue weighted by molar-refractivity contribution is 0.0377. The van der Waals surface area contributed by atoms with Gasteiger partial charge < -0.3 is 9.47 Å². The Balaban J connectivity index is 1.81. The Morgan fingerprint density at radius 1 is 0.971 bits per heavy atom. The van der Waals surface area contributed by atoms with E-state index < -0.39 is 0 Å². The van der Waals surface area contributed by atoms with Crippen LogP contribution in [0, 0.1) is 0 Å². The highest BCUT2D eigenvalue weighted by Crippen LogP contribution is 2.30. The van der Waals surface area contributed by atoms with Crippen LogP contribution in [0.1, 0.15) is 55.1 Å². The van der Waals surface area contributed by atoms with Crippen LogP contribution in [0.3, 0.4) is 0 Å². The Hall–Kier alpha value is -3.93. The van der Waals surface area contributed by atoms with Crippen molar-refractivity contribution in [3.05, 3.63) is 93.9 Å². The van der Waals surface area contributed by atoms with Crippen molar-refractivity contribution >= 4 is 16.9 Å². The lowest BCUT2D eigenvalue weighted by Crippen LogP contribution is -2.25. The van der Waals surface area contributed by atoms with E-state index in [2.05, 4.69) is 31.0 Å². The monoisotopic (exact) mass is 470 g/mol. The minimum atomic E-state index is -0.387. The molecule has 0 aliphatic carbocycles. The first-order chi connectivity index (χ1) is 16.8. The van der Waals surface area contributed by atoms with Gasteiger partial charge in [-0.25, -0.2) is 9.59 Å². The fourth-order valence-corrected chi connectivity index (χ4v) is 4.05. The zero-order valence-electron chi connectivity index (χ0n) is 20.7. The summed E-state index contributed by atoms with van der Waals surface area (Å²) < 4.78 is 12.4. The number of carbonyl (C=O) groups excluding carboxylic acids is 1. The molecule has 0 radical (unpaired) electrons. The largest absolute Gasteiger partial charge is 0.497 e. The number of methoxy groups -OCH3 is 1. The lowest BCUT2D eigenvalue weighted by atomic mass is 9.99. The van der Waals surface area contributed by atoms with Gasteiger partial charge >= 0.3 is 11.7 Å². The molecule has 0 saturated carbocycles. The summed E-state index contributed by atoms with van der Waals surface area (Å²) in [6.07, 6.45) is -0.209. The molecule has 0 spiro atoms. The van der Waals surface area contributed by atoms with Crippen molar-refractivity contribution in [2.24, 2.45) is 0 Å². The van der Waals surface area contributed by atoms with Crippen molar-refractivity contribution in [3.63, 3.8) is 0 Å². The second kappa shape index (κ2) is 10.1. The van der Waals surface area contributed by atoms with Crippen LogP contribution in [-0.4, -0.2) is 28.7 Å². The van der Waals surface area contributed by atoms with Crippen LogP contribution in [0.15, 0.2) is 71.5 Å². The van der Waals surface area contributed by atoms with Gasteiger partial charge in [0.2, 0.25) is 0 Å². The number of esters is 1. The van der Waals surface area contributed by atoms with Crippen molar-refractivity contribution in [2.45, 2.75) is 46.3 Å². The molecule has 0 unspecified atom stereocenters. The molecule has 35 heavy (non-hydrogen) atoms. The lowest BCUT2D eigenvalue weighted by Gasteiger charge is -2.15. The van der Waals surface area contributed by atoms with Crippen LogP contribution in [0.4, 0.5) is 0 Å². The third-order valence-corrected chi connectivity index (χ3v) is 5.88. The van der Waals surface area contributed by atoms with Gasteiger partial charge in [0.15, 0.2) is 0 Å². The van der Waals surface area contributed by atoms with E-state index >= 15 is 0 Å². The van der Waals surface area contributed by atoms with E-state index in [9.17, 15) is 9.59 Å². The molecule has 0 saturated heterocycles. The van der Waals surface area contributed by atoms with Gasteiger partial charge in [-0.05, 0) is 61.2 Å². The molecule has 3 aromatic carbocycles. The minimum absolute atomic E-state index is 0.209. The summed E-state index contributed by atoms with van der Waals surface area (Å²) in [7, 11) is 1.61. The van der Waals surface area contributed by atoms with Crippen molar-refractivity contribution in [1.82, 2.24) is 9.55 Å². The summed E-state index contributed by atoms with van der Waals surface area (Å²) in [4.78, 5) is 30.1. The van der Waals surface area contributed by atoms with E-state index in [1.807, 2.05) is 50.2 Å². The number of ether oxygens (including phenoxy) is 2. The fourth-order valence-electron chi connectivity index (χ4n) is 4.05. The van der Waals surface area contributed by atoms with Gasteiger partial charge in [-0.2, -0.15) is 4.98 Å². The Morgan fingerprint density at radius 2 is 1.71 bits per heavy atom. The second-order valence-electron chi connectivity index (χ2n) is 9.14. The minimum Gasteiger partial charge on any atom is -0.497 e. The third-order valence-electron chi connectivity index (χ3n) is 5.88. The molecule has 6 heteroatoms. The summed E-state index contributed by atoms with van der Waals surface area (Å²) >= 11 is 0. The van der Waals surface area contributed by atoms with E-state index in [0.717, 1.165) is 22.0 Å². The average molecular weight is 471 g/mol. The number of hydrogen-bond acceptors (Lipinski definition) is 5. The van der Waals surface area contributed by atoms with Crippen LogP contribution < -0.4 is 10.4 Å². The molecule has 180 valence electrons. The predicted octanol–water partition coefficient (Wildman–Crippen LogP) is 5.81. The summed E-state index contributed by atoms with van der Waals surface area (Å²) in [5, 5.41) is 0.816. The maximum Gasteiger partial charge on any atom is 0.348 e. The van der Waals surface area contributed by atoms with Gasteiger partial charge in [0.1, 0.15) is 5.75 Å². The molecule has 1 aromatic heterocycles. The number of carbonyl (C=O) groups is 1. The number of aromatic nitrogens is 2. The first-order valence-corrected chi connectivity index (χ1v) is 11.8. The zero-order valence-corrected chi connectivity index (χ0v) is 20.7. The summed E-state index contributed by atoms with van der Waals surface area (Å²) in [6.45, 7) is 8.18. The number of fused-ring (bicyclic) bond motifs is 1. The zero-order chi connectivity index (χ0) is 25.1. The normalized spacial score (nSPS) is 11.3. The molecule has 4 rings (SSSR count). The molecule has 4 aromatic rings. The molecular weight excluding hydrogens is 440 g/mol. The highest BCUT2D eigenvalue weighted by atomic mass is 16.5. The quantitative estimate of drug-likeness (QED) is 0.319. The average Bonchev–Trinajstić information content (AvgIpc) is 2.85. The molecule has 0 N–H and O–H groups in total. The van der Waals surface area contributed by atoms with Gasteiger partial charge in [0.25, 0.3) is 0 Å². The molecule has 0 atom stereocenters. The van der Waals surface area contributed by atoms with Crippen LogP contribution in [0.5, 0.6) is 5.75 Å². The van der Waals surface area contributed by atoms with E-state index in [-0.39, 0.29) is 24.3 Å². The molecule has 6 nitrogen and oxygen atoms in total. The molecule has 0 aliphatic rings. The number of rotatable bonds is 7. The molecule has 0 bridgehead atoms. The van der Waals surface area contributed by atoms with Crippen molar-refractivity contribution in [2.75, 3.05) is 7.11 Å². The highest BCUT2D eigenvalue weighted by Gasteiger charge is 2.15. The number of nitrogens with zero attached hydrogens (tertiary/aromatic N) is 2. The van der Waals surface area contributed by atoms with Gasteiger partial charge in [0, 0.05) is 10.9 Å². The first-order valence-electron chi connectivity index (χ1n) is 11.8. The van der Waals surface area contributed by atoms with E-state index in [4.69, 9.17) is 9.47 Å². The van der Waals surface area contributed by atoms with E-state index in [1.165, 1.54) is 5.56 Å². The molecule has 0 aliphatic heterocycles. The smallest absolute Gasteiger partial charge is 0.348 e. The molecule has 0 amide bonds. The molecule has 0 fully saturated rings. The summed E-state index contributed by atoms with van der Waals surface area (Å²) in [5.74, 6) is 0.709. The fraction of sp³-hybridized carbons (Fsp3) is 0.276.